The van der Waals surface area contributed by atoms with Crippen molar-refractivity contribution in [1.29, 1.82) is 0 Å². The van der Waals surface area contributed by atoms with E-state index in [1.165, 1.54) is 24.3 Å². The van der Waals surface area contributed by atoms with Crippen molar-refractivity contribution < 1.29 is 18.7 Å². The molecule has 0 bridgehead atoms. The third-order valence-corrected chi connectivity index (χ3v) is 5.41. The van der Waals surface area contributed by atoms with Crippen LogP contribution in [0.15, 0.2) is 48.5 Å². The molecular formula is C23H25FN2O3. The number of nitrogens with zero attached hydrogens (tertiary/aromatic N) is 1. The van der Waals surface area contributed by atoms with Crippen molar-refractivity contribution in [1.82, 2.24) is 10.2 Å². The molecule has 1 saturated carbocycles. The van der Waals surface area contributed by atoms with Gasteiger partial charge in [0.25, 0.3) is 11.8 Å². The molecule has 2 amide bonds. The zero-order valence-corrected chi connectivity index (χ0v) is 16.3. The van der Waals surface area contributed by atoms with Gasteiger partial charge in [-0.25, -0.2) is 4.39 Å². The largest absolute Gasteiger partial charge is 0.493 e. The Bertz CT molecular complexity index is 863. The molecule has 2 aromatic rings. The first-order valence-electron chi connectivity index (χ1n) is 10.2. The molecule has 6 heteroatoms. The van der Waals surface area contributed by atoms with Crippen molar-refractivity contribution in [3.8, 4) is 5.75 Å². The van der Waals surface area contributed by atoms with Gasteiger partial charge in [-0.15, -0.1) is 0 Å². The van der Waals surface area contributed by atoms with Crippen molar-refractivity contribution in [2.45, 2.75) is 31.7 Å². The average molecular weight is 396 g/mol. The molecule has 152 valence electrons. The van der Waals surface area contributed by atoms with Crippen LogP contribution in [0.25, 0.3) is 0 Å². The number of benzene rings is 2. The van der Waals surface area contributed by atoms with Gasteiger partial charge in [0.15, 0.2) is 0 Å². The van der Waals surface area contributed by atoms with E-state index < -0.39 is 0 Å². The van der Waals surface area contributed by atoms with Crippen LogP contribution in [0.1, 0.15) is 46.4 Å². The molecule has 2 aromatic carbocycles. The number of likely N-dealkylation sites (tertiary alicyclic amines) is 1. The number of rotatable bonds is 6. The Balaban J connectivity index is 1.28. The molecule has 0 radical (unpaired) electrons. The first-order chi connectivity index (χ1) is 14.1. The Labute approximate surface area is 169 Å². The minimum atomic E-state index is -0.345. The minimum Gasteiger partial charge on any atom is -0.493 e. The topological polar surface area (TPSA) is 58.6 Å². The SMILES string of the molecule is O=C(NC1CC1)c1ccc(OC[C@@H]2CCCN(C(=O)c3ccc(F)cc3)C2)cc1. The second-order valence-corrected chi connectivity index (χ2v) is 7.85. The van der Waals surface area contributed by atoms with E-state index in [-0.39, 0.29) is 23.5 Å². The average Bonchev–Trinajstić information content (AvgIpc) is 3.57. The molecule has 1 heterocycles. The summed E-state index contributed by atoms with van der Waals surface area (Å²) in [6.45, 7) is 1.84. The molecule has 4 rings (SSSR count). The van der Waals surface area contributed by atoms with Gasteiger partial charge in [-0.1, -0.05) is 0 Å². The summed E-state index contributed by atoms with van der Waals surface area (Å²) in [6.07, 6.45) is 4.04. The number of ether oxygens (including phenoxy) is 1. The van der Waals surface area contributed by atoms with Crippen LogP contribution < -0.4 is 10.1 Å². The number of amides is 2. The van der Waals surface area contributed by atoms with Gasteiger partial charge in [-0.2, -0.15) is 0 Å². The second-order valence-electron chi connectivity index (χ2n) is 7.85. The lowest BCUT2D eigenvalue weighted by Gasteiger charge is -2.32. The third kappa shape index (κ3) is 5.13. The Kier molecular flexibility index (Phi) is 5.79. The zero-order chi connectivity index (χ0) is 20.2. The number of hydrogen-bond acceptors (Lipinski definition) is 3. The number of halogens is 1. The first kappa shape index (κ1) is 19.4. The van der Waals surface area contributed by atoms with Crippen LogP contribution in [-0.2, 0) is 0 Å². The van der Waals surface area contributed by atoms with E-state index in [9.17, 15) is 14.0 Å². The Morgan fingerprint density at radius 1 is 1.00 bits per heavy atom. The molecule has 1 saturated heterocycles. The summed E-state index contributed by atoms with van der Waals surface area (Å²) in [5.74, 6) is 0.505. The Morgan fingerprint density at radius 2 is 1.69 bits per heavy atom. The molecule has 2 fully saturated rings. The molecule has 1 N–H and O–H groups in total. The first-order valence-corrected chi connectivity index (χ1v) is 10.2. The molecule has 0 spiro atoms. The normalized spacial score (nSPS) is 18.9. The van der Waals surface area contributed by atoms with Gasteiger partial charge in [0, 0.05) is 36.2 Å². The number of carbonyl (C=O) groups excluding carboxylic acids is 2. The summed E-state index contributed by atoms with van der Waals surface area (Å²) < 4.78 is 19.0. The van der Waals surface area contributed by atoms with Crippen molar-refractivity contribution >= 4 is 11.8 Å². The molecule has 2 aliphatic rings. The van der Waals surface area contributed by atoms with E-state index in [0.717, 1.165) is 31.4 Å². The van der Waals surface area contributed by atoms with Gasteiger partial charge in [-0.3, -0.25) is 9.59 Å². The molecule has 1 atom stereocenters. The fourth-order valence-corrected chi connectivity index (χ4v) is 3.57. The summed E-state index contributed by atoms with van der Waals surface area (Å²) in [7, 11) is 0. The van der Waals surface area contributed by atoms with E-state index in [4.69, 9.17) is 4.74 Å². The fourth-order valence-electron chi connectivity index (χ4n) is 3.57. The summed E-state index contributed by atoms with van der Waals surface area (Å²) in [5, 5.41) is 2.97. The number of carbonyl (C=O) groups is 2. The monoisotopic (exact) mass is 396 g/mol. The molecule has 0 unspecified atom stereocenters. The Hall–Kier alpha value is -2.89. The van der Waals surface area contributed by atoms with Crippen LogP contribution in [0, 0.1) is 11.7 Å². The molecule has 0 aromatic heterocycles. The summed E-state index contributed by atoms with van der Waals surface area (Å²) in [5.41, 5.74) is 1.14. The van der Waals surface area contributed by atoms with Crippen LogP contribution >= 0.6 is 0 Å². The maximum absolute atomic E-state index is 13.1. The lowest BCUT2D eigenvalue weighted by Crippen LogP contribution is -2.41. The van der Waals surface area contributed by atoms with E-state index in [2.05, 4.69) is 5.32 Å². The molecular weight excluding hydrogens is 371 g/mol. The van der Waals surface area contributed by atoms with Crippen molar-refractivity contribution in [2.75, 3.05) is 19.7 Å². The van der Waals surface area contributed by atoms with Crippen molar-refractivity contribution in [2.24, 2.45) is 5.92 Å². The highest BCUT2D eigenvalue weighted by atomic mass is 19.1. The minimum absolute atomic E-state index is 0.0405. The number of nitrogens with one attached hydrogen (secondary N) is 1. The summed E-state index contributed by atoms with van der Waals surface area (Å²) >= 11 is 0. The van der Waals surface area contributed by atoms with Crippen LogP contribution in [0.3, 0.4) is 0 Å². The Morgan fingerprint density at radius 3 is 2.38 bits per heavy atom. The van der Waals surface area contributed by atoms with E-state index in [1.54, 1.807) is 12.1 Å². The highest BCUT2D eigenvalue weighted by molar-refractivity contribution is 5.95. The van der Waals surface area contributed by atoms with Gasteiger partial charge < -0.3 is 15.0 Å². The van der Waals surface area contributed by atoms with Gasteiger partial charge in [-0.05, 0) is 74.2 Å². The highest BCUT2D eigenvalue weighted by Gasteiger charge is 2.25. The second kappa shape index (κ2) is 8.64. The van der Waals surface area contributed by atoms with E-state index >= 15 is 0 Å². The smallest absolute Gasteiger partial charge is 0.253 e. The van der Waals surface area contributed by atoms with Crippen LogP contribution in [0.2, 0.25) is 0 Å². The number of piperidine rings is 1. The van der Waals surface area contributed by atoms with Gasteiger partial charge in [0.2, 0.25) is 0 Å². The maximum Gasteiger partial charge on any atom is 0.253 e. The van der Waals surface area contributed by atoms with Crippen molar-refractivity contribution in [3.63, 3.8) is 0 Å². The zero-order valence-electron chi connectivity index (χ0n) is 16.3. The van der Waals surface area contributed by atoms with E-state index in [1.807, 2.05) is 17.0 Å². The fraction of sp³-hybridized carbons (Fsp3) is 0.391. The third-order valence-electron chi connectivity index (χ3n) is 5.41. The van der Waals surface area contributed by atoms with Crippen LogP contribution in [0.4, 0.5) is 4.39 Å². The van der Waals surface area contributed by atoms with E-state index in [0.29, 0.717) is 36.9 Å². The van der Waals surface area contributed by atoms with Crippen molar-refractivity contribution in [3.05, 3.63) is 65.5 Å². The highest BCUT2D eigenvalue weighted by Crippen LogP contribution is 2.22. The molecule has 5 nitrogen and oxygen atoms in total. The van der Waals surface area contributed by atoms with Gasteiger partial charge >= 0.3 is 0 Å². The standard InChI is InChI=1S/C23H25FN2O3/c24-19-7-3-18(4-8-19)23(28)26-13-1-2-16(14-26)15-29-21-11-5-17(6-12-21)22(27)25-20-9-10-20/h3-8,11-12,16,20H,1-2,9-10,13-15H2,(H,25,27)/t16-/m1/s1. The number of hydrogen-bond donors (Lipinski definition) is 1. The quantitative estimate of drug-likeness (QED) is 0.811. The summed E-state index contributed by atoms with van der Waals surface area (Å²) in [4.78, 5) is 26.5. The molecule has 29 heavy (non-hydrogen) atoms. The van der Waals surface area contributed by atoms with Crippen LogP contribution in [0.5, 0.6) is 5.75 Å². The predicted octanol–water partition coefficient (Wildman–Crippen LogP) is 3.65. The molecule has 1 aliphatic carbocycles. The lowest BCUT2D eigenvalue weighted by atomic mass is 9.98. The predicted molar refractivity (Wildman–Crippen MR) is 107 cm³/mol. The lowest BCUT2D eigenvalue weighted by molar-refractivity contribution is 0.0633. The van der Waals surface area contributed by atoms with Gasteiger partial charge in [0.05, 0.1) is 6.61 Å². The van der Waals surface area contributed by atoms with Crippen LogP contribution in [-0.4, -0.2) is 42.5 Å². The molecule has 1 aliphatic heterocycles. The van der Waals surface area contributed by atoms with Gasteiger partial charge in [0.1, 0.15) is 11.6 Å². The maximum atomic E-state index is 13.1. The summed E-state index contributed by atoms with van der Waals surface area (Å²) in [6, 6.07) is 13.2.